The summed E-state index contributed by atoms with van der Waals surface area (Å²) in [4.78, 5) is 22.3. The molecule has 0 fully saturated rings. The molecule has 1 N–H and O–H groups in total. The molecule has 0 aromatic heterocycles. The van der Waals surface area contributed by atoms with Crippen molar-refractivity contribution in [1.29, 1.82) is 0 Å². The molecule has 22 heavy (non-hydrogen) atoms. The van der Waals surface area contributed by atoms with E-state index in [1.54, 1.807) is 19.2 Å². The van der Waals surface area contributed by atoms with E-state index in [1.807, 2.05) is 12.1 Å². The molecule has 0 unspecified atom stereocenters. The number of hydrogen-bond donors (Lipinski definition) is 1. The Labute approximate surface area is 131 Å². The van der Waals surface area contributed by atoms with Crippen LogP contribution in [0.15, 0.2) is 42.5 Å². The molecule has 7 heteroatoms. The van der Waals surface area contributed by atoms with E-state index < -0.39 is 10.8 Å². The second kappa shape index (κ2) is 6.91. The van der Waals surface area contributed by atoms with Gasteiger partial charge in [-0.15, -0.1) is 0 Å². The van der Waals surface area contributed by atoms with Gasteiger partial charge >= 0.3 is 0 Å². The van der Waals surface area contributed by atoms with E-state index in [0.717, 1.165) is 17.4 Å². The monoisotopic (exact) mass is 320 g/mol. The first-order valence-corrected chi connectivity index (χ1v) is 6.74. The van der Waals surface area contributed by atoms with E-state index in [2.05, 4.69) is 5.32 Å². The van der Waals surface area contributed by atoms with Gasteiger partial charge in [0.2, 0.25) is 0 Å². The van der Waals surface area contributed by atoms with Crippen LogP contribution in [0, 0.1) is 10.1 Å². The third-order valence-corrected chi connectivity index (χ3v) is 3.35. The Balaban J connectivity index is 2.08. The number of amides is 1. The van der Waals surface area contributed by atoms with Crippen LogP contribution in [0.4, 0.5) is 5.69 Å². The van der Waals surface area contributed by atoms with E-state index >= 15 is 0 Å². The molecule has 0 aliphatic carbocycles. The number of hydrogen-bond acceptors (Lipinski definition) is 4. The summed E-state index contributed by atoms with van der Waals surface area (Å²) in [7, 11) is 1.57. The average Bonchev–Trinajstić information content (AvgIpc) is 2.53. The molecule has 0 radical (unpaired) electrons. The first-order valence-electron chi connectivity index (χ1n) is 6.36. The van der Waals surface area contributed by atoms with Crippen molar-refractivity contribution in [2.45, 2.75) is 6.54 Å². The zero-order valence-electron chi connectivity index (χ0n) is 11.7. The number of nitrogens with one attached hydrogen (secondary N) is 1. The number of nitrogens with zero attached hydrogens (tertiary/aromatic N) is 1. The van der Waals surface area contributed by atoms with Gasteiger partial charge in [0.1, 0.15) is 5.75 Å². The highest BCUT2D eigenvalue weighted by molar-refractivity contribution is 6.33. The van der Waals surface area contributed by atoms with E-state index in [1.165, 1.54) is 12.1 Å². The minimum absolute atomic E-state index is 0.0735. The zero-order chi connectivity index (χ0) is 16.1. The van der Waals surface area contributed by atoms with Gasteiger partial charge in [0.25, 0.3) is 11.6 Å². The maximum atomic E-state index is 12.1. The standard InChI is InChI=1S/C15H13ClN2O4/c1-22-12-5-2-10(3-6-12)9-17-15(19)13-8-11(18(20)21)4-7-14(13)16/h2-8H,9H2,1H3,(H,17,19). The highest BCUT2D eigenvalue weighted by Crippen LogP contribution is 2.22. The van der Waals surface area contributed by atoms with Crippen LogP contribution < -0.4 is 10.1 Å². The van der Waals surface area contributed by atoms with Crippen molar-refractivity contribution in [2.75, 3.05) is 7.11 Å². The van der Waals surface area contributed by atoms with Crippen LogP contribution in [-0.2, 0) is 6.54 Å². The molecule has 0 bridgehead atoms. The van der Waals surface area contributed by atoms with E-state index in [9.17, 15) is 14.9 Å². The van der Waals surface area contributed by atoms with Gasteiger partial charge in [-0.05, 0) is 23.8 Å². The molecular formula is C15H13ClN2O4. The van der Waals surface area contributed by atoms with Gasteiger partial charge in [-0.2, -0.15) is 0 Å². The number of carbonyl (C=O) groups excluding carboxylic acids is 1. The molecule has 0 spiro atoms. The molecule has 0 atom stereocenters. The lowest BCUT2D eigenvalue weighted by Gasteiger charge is -2.07. The van der Waals surface area contributed by atoms with Crippen molar-refractivity contribution in [2.24, 2.45) is 0 Å². The fourth-order valence-electron chi connectivity index (χ4n) is 1.82. The number of ether oxygens (including phenoxy) is 1. The molecule has 2 aromatic rings. The molecule has 0 heterocycles. The molecule has 2 rings (SSSR count). The fourth-order valence-corrected chi connectivity index (χ4v) is 2.03. The third kappa shape index (κ3) is 3.73. The Hall–Kier alpha value is -2.60. The molecule has 0 aliphatic heterocycles. The van der Waals surface area contributed by atoms with Gasteiger partial charge in [-0.1, -0.05) is 23.7 Å². The predicted molar refractivity (Wildman–Crippen MR) is 82.3 cm³/mol. The Morgan fingerprint density at radius 3 is 2.55 bits per heavy atom. The molecule has 114 valence electrons. The molecule has 6 nitrogen and oxygen atoms in total. The van der Waals surface area contributed by atoms with Crippen LogP contribution in [0.3, 0.4) is 0 Å². The number of carbonyl (C=O) groups is 1. The first kappa shape index (κ1) is 15.8. The van der Waals surface area contributed by atoms with Gasteiger partial charge in [0.05, 0.1) is 22.6 Å². The van der Waals surface area contributed by atoms with Gasteiger partial charge in [0, 0.05) is 18.7 Å². The van der Waals surface area contributed by atoms with Crippen LogP contribution in [0.2, 0.25) is 5.02 Å². The first-order chi connectivity index (χ1) is 10.5. The lowest BCUT2D eigenvalue weighted by atomic mass is 10.1. The minimum atomic E-state index is -0.573. The largest absolute Gasteiger partial charge is 0.497 e. The van der Waals surface area contributed by atoms with Gasteiger partial charge < -0.3 is 10.1 Å². The summed E-state index contributed by atoms with van der Waals surface area (Å²) in [6.45, 7) is 0.280. The number of nitro groups is 1. The van der Waals surface area contributed by atoms with Crippen LogP contribution >= 0.6 is 11.6 Å². The van der Waals surface area contributed by atoms with E-state index in [0.29, 0.717) is 0 Å². The van der Waals surface area contributed by atoms with Crippen molar-refractivity contribution in [3.8, 4) is 5.75 Å². The van der Waals surface area contributed by atoms with E-state index in [-0.39, 0.29) is 22.8 Å². The van der Waals surface area contributed by atoms with Crippen molar-refractivity contribution < 1.29 is 14.5 Å². The maximum absolute atomic E-state index is 12.1. The smallest absolute Gasteiger partial charge is 0.270 e. The Morgan fingerprint density at radius 2 is 1.95 bits per heavy atom. The summed E-state index contributed by atoms with van der Waals surface area (Å²) in [5.74, 6) is 0.251. The predicted octanol–water partition coefficient (Wildman–Crippen LogP) is 3.19. The average molecular weight is 321 g/mol. The number of halogens is 1. The Bertz CT molecular complexity index is 701. The summed E-state index contributed by atoms with van der Waals surface area (Å²) in [5, 5.41) is 13.6. The molecule has 2 aromatic carbocycles. The third-order valence-electron chi connectivity index (χ3n) is 3.02. The summed E-state index contributed by atoms with van der Waals surface area (Å²) in [6.07, 6.45) is 0. The van der Waals surface area contributed by atoms with Gasteiger partial charge in [0.15, 0.2) is 0 Å². The molecular weight excluding hydrogens is 308 g/mol. The maximum Gasteiger partial charge on any atom is 0.270 e. The number of methoxy groups -OCH3 is 1. The quantitative estimate of drug-likeness (QED) is 0.677. The minimum Gasteiger partial charge on any atom is -0.497 e. The number of rotatable bonds is 5. The van der Waals surface area contributed by atoms with E-state index in [4.69, 9.17) is 16.3 Å². The fraction of sp³-hybridized carbons (Fsp3) is 0.133. The number of nitro benzene ring substituents is 1. The summed E-state index contributed by atoms with van der Waals surface area (Å²) in [6, 6.07) is 10.9. The van der Waals surface area contributed by atoms with Crippen molar-refractivity contribution in [3.63, 3.8) is 0 Å². The van der Waals surface area contributed by atoms with Gasteiger partial charge in [-0.25, -0.2) is 0 Å². The van der Waals surface area contributed by atoms with Gasteiger partial charge in [-0.3, -0.25) is 14.9 Å². The Morgan fingerprint density at radius 1 is 1.27 bits per heavy atom. The second-order valence-electron chi connectivity index (χ2n) is 4.45. The lowest BCUT2D eigenvalue weighted by Crippen LogP contribution is -2.23. The summed E-state index contributed by atoms with van der Waals surface area (Å²) >= 11 is 5.92. The summed E-state index contributed by atoms with van der Waals surface area (Å²) in [5.41, 5.74) is 0.763. The summed E-state index contributed by atoms with van der Waals surface area (Å²) < 4.78 is 5.05. The normalized spacial score (nSPS) is 10.1. The second-order valence-corrected chi connectivity index (χ2v) is 4.86. The van der Waals surface area contributed by atoms with Crippen LogP contribution in [0.5, 0.6) is 5.75 Å². The zero-order valence-corrected chi connectivity index (χ0v) is 12.5. The van der Waals surface area contributed by atoms with Crippen molar-refractivity contribution >= 4 is 23.2 Å². The number of benzene rings is 2. The highest BCUT2D eigenvalue weighted by atomic mass is 35.5. The van der Waals surface area contributed by atoms with Crippen molar-refractivity contribution in [3.05, 3.63) is 68.7 Å². The number of non-ortho nitro benzene ring substituents is 1. The Kier molecular flexibility index (Phi) is 4.95. The van der Waals surface area contributed by atoms with Crippen molar-refractivity contribution in [1.82, 2.24) is 5.32 Å². The molecule has 0 saturated carbocycles. The lowest BCUT2D eigenvalue weighted by molar-refractivity contribution is -0.384. The SMILES string of the molecule is COc1ccc(CNC(=O)c2cc([N+](=O)[O-])ccc2Cl)cc1. The highest BCUT2D eigenvalue weighted by Gasteiger charge is 2.15. The van der Waals surface area contributed by atoms with Crippen LogP contribution in [0.25, 0.3) is 0 Å². The topological polar surface area (TPSA) is 81.5 Å². The van der Waals surface area contributed by atoms with Crippen LogP contribution in [0.1, 0.15) is 15.9 Å². The molecule has 1 amide bonds. The molecule has 0 saturated heterocycles. The van der Waals surface area contributed by atoms with Crippen LogP contribution in [-0.4, -0.2) is 17.9 Å². The molecule has 0 aliphatic rings.